The molecule has 1 unspecified atom stereocenters. The standard InChI is InChI=1S/C24H27Cl3N2O3S/c1-15(2)19-14-18(5-6-20(19)25)32-24-21(26)12-17(13-22(24)27)28-23(30)11-16-7-9-29(10-8-16)33(3,4)31/h5-6,12-14,16H,1,3,7-11H2,2,4H3,(H,28,30). The molecule has 5 nitrogen and oxygen atoms in total. The van der Waals surface area contributed by atoms with Gasteiger partial charge in [0.05, 0.1) is 10.0 Å². The number of piperidine rings is 1. The summed E-state index contributed by atoms with van der Waals surface area (Å²) in [5.74, 6) is 4.64. The molecule has 0 bridgehead atoms. The number of nitrogens with zero attached hydrogens (tertiary/aromatic N) is 1. The number of allylic oxidation sites excluding steroid dienone is 1. The average Bonchev–Trinajstić information content (AvgIpc) is 2.71. The van der Waals surface area contributed by atoms with Crippen LogP contribution in [0.15, 0.2) is 36.9 Å². The monoisotopic (exact) mass is 528 g/mol. The Bertz CT molecular complexity index is 1150. The van der Waals surface area contributed by atoms with Crippen molar-refractivity contribution in [1.29, 1.82) is 0 Å². The summed E-state index contributed by atoms with van der Waals surface area (Å²) in [6, 6.07) is 8.41. The first-order valence-corrected chi connectivity index (χ1v) is 13.7. The van der Waals surface area contributed by atoms with Crippen molar-refractivity contribution in [3.05, 3.63) is 57.5 Å². The molecule has 1 aliphatic rings. The number of hydrogen-bond acceptors (Lipinski definition) is 3. The van der Waals surface area contributed by atoms with E-state index in [1.165, 1.54) is 0 Å². The fourth-order valence-electron chi connectivity index (χ4n) is 3.72. The molecular formula is C24H27Cl3N2O3S. The third-order valence-corrected chi connectivity index (χ3v) is 7.84. The van der Waals surface area contributed by atoms with Crippen LogP contribution in [0.25, 0.3) is 5.57 Å². The molecule has 33 heavy (non-hydrogen) atoms. The number of carbonyl (C=O) groups excluding carboxylic acids is 1. The molecule has 1 atom stereocenters. The minimum Gasteiger partial charge on any atom is -0.454 e. The second-order valence-corrected chi connectivity index (χ2v) is 12.0. The van der Waals surface area contributed by atoms with E-state index in [0.29, 0.717) is 36.0 Å². The zero-order valence-electron chi connectivity index (χ0n) is 18.6. The second kappa shape index (κ2) is 10.7. The zero-order valence-corrected chi connectivity index (χ0v) is 21.7. The summed E-state index contributed by atoms with van der Waals surface area (Å²) < 4.78 is 19.9. The van der Waals surface area contributed by atoms with E-state index in [0.717, 1.165) is 24.0 Å². The predicted octanol–water partition coefficient (Wildman–Crippen LogP) is 6.77. The van der Waals surface area contributed by atoms with Crippen LogP contribution in [0.3, 0.4) is 0 Å². The van der Waals surface area contributed by atoms with Gasteiger partial charge in [-0.15, -0.1) is 0 Å². The number of ether oxygens (including phenoxy) is 1. The lowest BCUT2D eigenvalue weighted by atomic mass is 9.94. The molecule has 9 heteroatoms. The summed E-state index contributed by atoms with van der Waals surface area (Å²) >= 11 is 19.0. The van der Waals surface area contributed by atoms with E-state index >= 15 is 0 Å². The maximum Gasteiger partial charge on any atom is 0.224 e. The lowest BCUT2D eigenvalue weighted by Gasteiger charge is -2.32. The highest BCUT2D eigenvalue weighted by atomic mass is 35.5. The van der Waals surface area contributed by atoms with Gasteiger partial charge in [0.15, 0.2) is 5.75 Å². The molecule has 1 amide bonds. The number of benzene rings is 2. The molecule has 0 aromatic heterocycles. The number of amides is 1. The van der Waals surface area contributed by atoms with Gasteiger partial charge in [0.2, 0.25) is 5.91 Å². The molecule has 1 saturated heterocycles. The van der Waals surface area contributed by atoms with E-state index in [9.17, 15) is 9.00 Å². The van der Waals surface area contributed by atoms with Gasteiger partial charge in [-0.1, -0.05) is 41.4 Å². The Morgan fingerprint density at radius 3 is 2.30 bits per heavy atom. The van der Waals surface area contributed by atoms with Gasteiger partial charge in [0.25, 0.3) is 0 Å². The molecule has 1 aliphatic heterocycles. The molecule has 1 heterocycles. The molecule has 0 saturated carbocycles. The lowest BCUT2D eigenvalue weighted by molar-refractivity contribution is -0.117. The van der Waals surface area contributed by atoms with Gasteiger partial charge in [-0.25, -0.2) is 4.31 Å². The summed E-state index contributed by atoms with van der Waals surface area (Å²) in [5.41, 5.74) is 2.07. The Morgan fingerprint density at radius 2 is 1.76 bits per heavy atom. The van der Waals surface area contributed by atoms with Crippen LogP contribution >= 0.6 is 34.8 Å². The highest BCUT2D eigenvalue weighted by Crippen LogP contribution is 2.40. The third-order valence-electron chi connectivity index (χ3n) is 5.49. The normalized spacial score (nSPS) is 16.8. The van der Waals surface area contributed by atoms with Crippen molar-refractivity contribution in [1.82, 2.24) is 4.31 Å². The van der Waals surface area contributed by atoms with E-state index in [1.807, 2.05) is 11.2 Å². The quantitative estimate of drug-likeness (QED) is 0.402. The average molecular weight is 530 g/mol. The summed E-state index contributed by atoms with van der Waals surface area (Å²) in [5, 5.41) is 3.97. The molecule has 0 radical (unpaired) electrons. The second-order valence-electron chi connectivity index (χ2n) is 8.38. The summed E-state index contributed by atoms with van der Waals surface area (Å²) in [7, 11) is -2.19. The first-order chi connectivity index (χ1) is 15.4. The van der Waals surface area contributed by atoms with Gasteiger partial charge in [0.1, 0.15) is 5.75 Å². The number of nitrogens with one attached hydrogen (secondary N) is 1. The van der Waals surface area contributed by atoms with Crippen molar-refractivity contribution in [2.75, 3.05) is 24.7 Å². The molecule has 1 N–H and O–H groups in total. The van der Waals surface area contributed by atoms with Crippen molar-refractivity contribution in [3.63, 3.8) is 0 Å². The van der Waals surface area contributed by atoms with Gasteiger partial charge < -0.3 is 10.1 Å². The van der Waals surface area contributed by atoms with Crippen LogP contribution in [0.5, 0.6) is 11.5 Å². The molecule has 3 rings (SSSR count). The van der Waals surface area contributed by atoms with Crippen LogP contribution in [-0.2, 0) is 14.5 Å². The Balaban J connectivity index is 1.64. The van der Waals surface area contributed by atoms with Gasteiger partial charge in [-0.3, -0.25) is 9.00 Å². The van der Waals surface area contributed by atoms with E-state index in [4.69, 9.17) is 39.5 Å². The van der Waals surface area contributed by atoms with E-state index in [2.05, 4.69) is 17.8 Å². The van der Waals surface area contributed by atoms with Crippen molar-refractivity contribution >= 4 is 67.5 Å². The van der Waals surface area contributed by atoms with Crippen LogP contribution in [0.2, 0.25) is 15.1 Å². The van der Waals surface area contributed by atoms with Crippen molar-refractivity contribution in [2.45, 2.75) is 26.2 Å². The Hall–Kier alpha value is -1.70. The van der Waals surface area contributed by atoms with Gasteiger partial charge in [0, 0.05) is 46.2 Å². The van der Waals surface area contributed by atoms with Crippen LogP contribution in [0.4, 0.5) is 5.69 Å². The largest absolute Gasteiger partial charge is 0.454 e. The number of hydrogen-bond donors (Lipinski definition) is 1. The maximum atomic E-state index is 12.6. The molecule has 0 spiro atoms. The topological polar surface area (TPSA) is 58.6 Å². The van der Waals surface area contributed by atoms with E-state index in [1.54, 1.807) is 36.6 Å². The highest BCUT2D eigenvalue weighted by Gasteiger charge is 2.24. The molecule has 178 valence electrons. The van der Waals surface area contributed by atoms with Crippen molar-refractivity contribution in [2.24, 2.45) is 5.92 Å². The van der Waals surface area contributed by atoms with Gasteiger partial charge >= 0.3 is 0 Å². The smallest absolute Gasteiger partial charge is 0.224 e. The fourth-order valence-corrected chi connectivity index (χ4v) is 5.54. The van der Waals surface area contributed by atoms with E-state index in [-0.39, 0.29) is 27.6 Å². The Morgan fingerprint density at radius 1 is 1.15 bits per heavy atom. The minimum atomic E-state index is -2.19. The highest BCUT2D eigenvalue weighted by molar-refractivity contribution is 7.97. The predicted molar refractivity (Wildman–Crippen MR) is 141 cm³/mol. The summed E-state index contributed by atoms with van der Waals surface area (Å²) in [6.45, 7) is 7.13. The Labute approximate surface area is 210 Å². The van der Waals surface area contributed by atoms with Gasteiger partial charge in [-0.2, -0.15) is 0 Å². The number of rotatable bonds is 7. The number of carbonyl (C=O) groups is 1. The molecule has 0 aliphatic carbocycles. The maximum absolute atomic E-state index is 12.6. The van der Waals surface area contributed by atoms with Crippen LogP contribution in [-0.4, -0.2) is 39.6 Å². The Kier molecular flexibility index (Phi) is 8.40. The zero-order chi connectivity index (χ0) is 24.3. The SMILES string of the molecule is C=C(C)c1cc(Oc2c(Cl)cc(NC(=O)CC3CCN(S(=C)(C)=O)CC3)cc2Cl)ccc1Cl. The van der Waals surface area contributed by atoms with Crippen molar-refractivity contribution in [3.8, 4) is 11.5 Å². The van der Waals surface area contributed by atoms with Crippen LogP contribution < -0.4 is 10.1 Å². The molecule has 2 aromatic carbocycles. The minimum absolute atomic E-state index is 0.120. The lowest BCUT2D eigenvalue weighted by Crippen LogP contribution is -2.38. The first-order valence-electron chi connectivity index (χ1n) is 10.4. The van der Waals surface area contributed by atoms with Crippen molar-refractivity contribution < 1.29 is 13.7 Å². The molecular weight excluding hydrogens is 503 g/mol. The number of halogens is 3. The summed E-state index contributed by atoms with van der Waals surface area (Å²) in [6.07, 6.45) is 3.62. The fraction of sp³-hybridized carbons (Fsp3) is 0.333. The van der Waals surface area contributed by atoms with E-state index < -0.39 is 9.71 Å². The van der Waals surface area contributed by atoms with Crippen LogP contribution in [0.1, 0.15) is 31.7 Å². The third kappa shape index (κ3) is 6.90. The molecule has 2 aromatic rings. The number of anilines is 1. The van der Waals surface area contributed by atoms with Gasteiger partial charge in [-0.05, 0) is 73.0 Å². The van der Waals surface area contributed by atoms with Crippen LogP contribution in [0, 0.1) is 5.92 Å². The molecule has 1 fully saturated rings. The summed E-state index contributed by atoms with van der Waals surface area (Å²) in [4.78, 5) is 12.6. The first kappa shape index (κ1) is 25.9.